The molecule has 37 heavy (non-hydrogen) atoms. The van der Waals surface area contributed by atoms with Gasteiger partial charge in [0.25, 0.3) is 0 Å². The van der Waals surface area contributed by atoms with Crippen LogP contribution in [-0.2, 0) is 28.4 Å². The van der Waals surface area contributed by atoms with Crippen LogP contribution in [0.2, 0.25) is 0 Å². The van der Waals surface area contributed by atoms with Gasteiger partial charge in [-0.15, -0.1) is 0 Å². The number of alkyl halides is 6. The number of benzene rings is 2. The first kappa shape index (κ1) is 28.6. The smallest absolute Gasteiger partial charge is 0.416 e. The number of halogens is 7. The van der Waals surface area contributed by atoms with Crippen LogP contribution in [0, 0.1) is 0 Å². The number of methoxy groups -OCH3 is 1. The lowest BCUT2D eigenvalue weighted by Crippen LogP contribution is -2.47. The van der Waals surface area contributed by atoms with E-state index in [2.05, 4.69) is 15.9 Å². The zero-order valence-electron chi connectivity index (χ0n) is 19.9. The molecule has 0 aliphatic carbocycles. The number of hydrogen-bond donors (Lipinski definition) is 0. The third-order valence-corrected chi connectivity index (χ3v) is 6.36. The van der Waals surface area contributed by atoms with Crippen LogP contribution >= 0.6 is 15.9 Å². The molecule has 0 saturated heterocycles. The van der Waals surface area contributed by atoms with Gasteiger partial charge in [0.1, 0.15) is 0 Å². The summed E-state index contributed by atoms with van der Waals surface area (Å²) in [5, 5.41) is 0. The number of fused-ring (bicyclic) bond motifs is 1. The largest absolute Gasteiger partial charge is 0.453 e. The number of amides is 2. The van der Waals surface area contributed by atoms with Gasteiger partial charge in [0.05, 0.1) is 36.6 Å². The predicted octanol–water partition coefficient (Wildman–Crippen LogP) is 7.55. The van der Waals surface area contributed by atoms with Crippen molar-refractivity contribution in [2.24, 2.45) is 0 Å². The van der Waals surface area contributed by atoms with Crippen molar-refractivity contribution >= 4 is 33.8 Å². The molecule has 0 saturated carbocycles. The molecule has 6 nitrogen and oxygen atoms in total. The van der Waals surface area contributed by atoms with Gasteiger partial charge in [0, 0.05) is 17.1 Å². The zero-order chi connectivity index (χ0) is 27.7. The molecule has 1 aliphatic heterocycles. The molecule has 0 N–H and O–H groups in total. The lowest BCUT2D eigenvalue weighted by atomic mass is 9.90. The van der Waals surface area contributed by atoms with E-state index in [4.69, 9.17) is 9.47 Å². The van der Waals surface area contributed by atoms with Crippen LogP contribution in [0.5, 0.6) is 0 Å². The van der Waals surface area contributed by atoms with Crippen LogP contribution in [0.1, 0.15) is 48.6 Å². The molecule has 1 aliphatic rings. The van der Waals surface area contributed by atoms with E-state index < -0.39 is 54.3 Å². The maximum atomic E-state index is 13.4. The quantitative estimate of drug-likeness (QED) is 0.342. The molecule has 2 unspecified atom stereocenters. The summed E-state index contributed by atoms with van der Waals surface area (Å²) in [6, 6.07) is 4.70. The minimum absolute atomic E-state index is 0.0261. The third kappa shape index (κ3) is 6.31. The Morgan fingerprint density at radius 1 is 1.05 bits per heavy atom. The second-order valence-corrected chi connectivity index (χ2v) is 9.30. The molecule has 3 rings (SSSR count). The molecule has 2 amide bonds. The van der Waals surface area contributed by atoms with Crippen LogP contribution in [0.3, 0.4) is 0 Å². The average molecular weight is 597 g/mol. The summed E-state index contributed by atoms with van der Waals surface area (Å²) in [6.07, 6.45) is -11.6. The molecule has 2 aromatic rings. The molecule has 0 bridgehead atoms. The van der Waals surface area contributed by atoms with Crippen molar-refractivity contribution in [3.8, 4) is 0 Å². The van der Waals surface area contributed by atoms with Crippen molar-refractivity contribution in [1.29, 1.82) is 0 Å². The Kier molecular flexibility index (Phi) is 8.35. The van der Waals surface area contributed by atoms with Gasteiger partial charge in [-0.1, -0.05) is 15.9 Å². The monoisotopic (exact) mass is 596 g/mol. The molecule has 13 heteroatoms. The Bertz CT molecular complexity index is 1140. The van der Waals surface area contributed by atoms with E-state index in [0.717, 1.165) is 12.0 Å². The van der Waals surface area contributed by atoms with Gasteiger partial charge in [-0.05, 0) is 67.8 Å². The summed E-state index contributed by atoms with van der Waals surface area (Å²) in [6.45, 7) is 2.84. The topological polar surface area (TPSA) is 59.1 Å². The Labute approximate surface area is 217 Å². The highest BCUT2D eigenvalue weighted by Gasteiger charge is 2.41. The van der Waals surface area contributed by atoms with Gasteiger partial charge < -0.3 is 9.47 Å². The second kappa shape index (κ2) is 10.8. The first-order valence-electron chi connectivity index (χ1n) is 11.1. The number of carbonyl (C=O) groups is 2. The van der Waals surface area contributed by atoms with Crippen LogP contribution in [0.15, 0.2) is 40.9 Å². The fraction of sp³-hybridized carbons (Fsp3) is 0.417. The van der Waals surface area contributed by atoms with Gasteiger partial charge >= 0.3 is 24.5 Å². The van der Waals surface area contributed by atoms with Crippen molar-refractivity contribution < 1.29 is 45.4 Å². The SMILES string of the molecule is CCOC(=O)N1c2ccc(Br)cc2C(N(Cc2cc(C(F)(F)F)cc(C(F)(F)F)c2)C(=O)OC)CC1C. The zero-order valence-corrected chi connectivity index (χ0v) is 21.5. The molecular weight excluding hydrogens is 574 g/mol. The molecule has 1 heterocycles. The van der Waals surface area contributed by atoms with Gasteiger partial charge in [0.2, 0.25) is 0 Å². The Hall–Kier alpha value is -2.96. The minimum atomic E-state index is -5.04. The average Bonchev–Trinajstić information content (AvgIpc) is 2.80. The molecular formula is C24H23BrF6N2O4. The third-order valence-electron chi connectivity index (χ3n) is 5.86. The van der Waals surface area contributed by atoms with Gasteiger partial charge in [-0.3, -0.25) is 9.80 Å². The van der Waals surface area contributed by atoms with Crippen molar-refractivity contribution in [2.75, 3.05) is 18.6 Å². The van der Waals surface area contributed by atoms with Gasteiger partial charge in [-0.25, -0.2) is 9.59 Å². The number of hydrogen-bond acceptors (Lipinski definition) is 4. The van der Waals surface area contributed by atoms with E-state index in [1.165, 1.54) is 4.90 Å². The molecule has 2 aromatic carbocycles. The summed E-state index contributed by atoms with van der Waals surface area (Å²) < 4.78 is 91.0. The van der Waals surface area contributed by atoms with Crippen molar-refractivity contribution in [3.63, 3.8) is 0 Å². The molecule has 202 valence electrons. The Morgan fingerprint density at radius 3 is 2.16 bits per heavy atom. The fourth-order valence-corrected chi connectivity index (χ4v) is 4.68. The summed E-state index contributed by atoms with van der Waals surface area (Å²) in [5.74, 6) is 0. The molecule has 0 aromatic heterocycles. The van der Waals surface area contributed by atoms with Crippen LogP contribution in [0.25, 0.3) is 0 Å². The van der Waals surface area contributed by atoms with E-state index in [-0.39, 0.29) is 24.7 Å². The Balaban J connectivity index is 2.12. The molecule has 0 fully saturated rings. The first-order valence-corrected chi connectivity index (χ1v) is 11.8. The number of anilines is 1. The highest BCUT2D eigenvalue weighted by Crippen LogP contribution is 2.43. The summed E-state index contributed by atoms with van der Waals surface area (Å²) in [7, 11) is 1.06. The molecule has 0 radical (unpaired) electrons. The van der Waals surface area contributed by atoms with Crippen LogP contribution < -0.4 is 4.90 Å². The number of carbonyl (C=O) groups excluding carboxylic acids is 2. The second-order valence-electron chi connectivity index (χ2n) is 8.38. The van der Waals surface area contributed by atoms with E-state index in [9.17, 15) is 35.9 Å². The minimum Gasteiger partial charge on any atom is -0.453 e. The van der Waals surface area contributed by atoms with Crippen LogP contribution in [0.4, 0.5) is 41.6 Å². The van der Waals surface area contributed by atoms with Crippen molar-refractivity contribution in [2.45, 2.75) is 51.2 Å². The predicted molar refractivity (Wildman–Crippen MR) is 125 cm³/mol. The maximum Gasteiger partial charge on any atom is 0.416 e. The van der Waals surface area contributed by atoms with Crippen molar-refractivity contribution in [1.82, 2.24) is 4.90 Å². The fourth-order valence-electron chi connectivity index (χ4n) is 4.30. The van der Waals surface area contributed by atoms with Crippen LogP contribution in [-0.4, -0.2) is 36.8 Å². The van der Waals surface area contributed by atoms with E-state index in [1.807, 2.05) is 0 Å². The summed E-state index contributed by atoms with van der Waals surface area (Å²) in [4.78, 5) is 27.9. The summed E-state index contributed by atoms with van der Waals surface area (Å²) >= 11 is 3.33. The Morgan fingerprint density at radius 2 is 1.65 bits per heavy atom. The first-order chi connectivity index (χ1) is 17.2. The summed E-state index contributed by atoms with van der Waals surface area (Å²) in [5.41, 5.74) is -2.54. The highest BCUT2D eigenvalue weighted by atomic mass is 79.9. The van der Waals surface area contributed by atoms with Gasteiger partial charge in [0.15, 0.2) is 0 Å². The van der Waals surface area contributed by atoms with E-state index >= 15 is 0 Å². The standard InChI is InChI=1S/C24H23BrF6N2O4/c1-4-37-22(35)33-13(2)7-20(18-11-17(25)5-6-19(18)33)32(21(34)36-3)12-14-8-15(23(26,27)28)10-16(9-14)24(29,30)31/h5-6,8-11,13,20H,4,7,12H2,1-3H3. The number of ether oxygens (including phenoxy) is 2. The highest BCUT2D eigenvalue weighted by molar-refractivity contribution is 9.10. The lowest BCUT2D eigenvalue weighted by molar-refractivity contribution is -0.143. The van der Waals surface area contributed by atoms with E-state index in [0.29, 0.717) is 27.9 Å². The van der Waals surface area contributed by atoms with Gasteiger partial charge in [-0.2, -0.15) is 26.3 Å². The van der Waals surface area contributed by atoms with E-state index in [1.54, 1.807) is 32.0 Å². The maximum absolute atomic E-state index is 13.4. The number of nitrogens with zero attached hydrogens (tertiary/aromatic N) is 2. The molecule has 2 atom stereocenters. The number of rotatable bonds is 4. The lowest BCUT2D eigenvalue weighted by Gasteiger charge is -2.42. The molecule has 0 spiro atoms. The normalized spacial score (nSPS) is 17.7. The van der Waals surface area contributed by atoms with Crippen molar-refractivity contribution in [3.05, 3.63) is 63.1 Å².